The minimum absolute atomic E-state index is 0.00867. The maximum atomic E-state index is 12.1. The number of fused-ring (bicyclic) bond motifs is 1. The van der Waals surface area contributed by atoms with Gasteiger partial charge in [0.1, 0.15) is 5.75 Å². The third kappa shape index (κ3) is 4.83. The van der Waals surface area contributed by atoms with Crippen LogP contribution in [0.3, 0.4) is 0 Å². The van der Waals surface area contributed by atoms with Gasteiger partial charge in [0.25, 0.3) is 0 Å². The molecule has 132 valence electrons. The van der Waals surface area contributed by atoms with E-state index < -0.39 is 0 Å². The molecule has 1 aliphatic rings. The van der Waals surface area contributed by atoms with Crippen molar-refractivity contribution in [1.29, 1.82) is 0 Å². The Morgan fingerprint density at radius 1 is 1.20 bits per heavy atom. The number of hydrogen-bond acceptors (Lipinski definition) is 3. The van der Waals surface area contributed by atoms with E-state index in [-0.39, 0.29) is 11.9 Å². The molecule has 2 aromatic rings. The largest absolute Gasteiger partial charge is 0.493 e. The number of hydrogen-bond donors (Lipinski definition) is 2. The molecule has 0 aromatic heterocycles. The molecule has 0 saturated heterocycles. The Bertz CT molecular complexity index is 725. The van der Waals surface area contributed by atoms with Crippen LogP contribution in [0.25, 0.3) is 0 Å². The second kappa shape index (κ2) is 8.17. The van der Waals surface area contributed by atoms with Gasteiger partial charge in [0.15, 0.2) is 0 Å². The third-order valence-electron chi connectivity index (χ3n) is 4.54. The van der Waals surface area contributed by atoms with Gasteiger partial charge in [-0.1, -0.05) is 42.0 Å². The predicted molar refractivity (Wildman–Crippen MR) is 99.7 cm³/mol. The Morgan fingerprint density at radius 2 is 2.00 bits per heavy atom. The van der Waals surface area contributed by atoms with E-state index in [1.807, 2.05) is 13.0 Å². The molecule has 2 aromatic carbocycles. The molecule has 0 spiro atoms. The Balaban J connectivity index is 1.45. The van der Waals surface area contributed by atoms with E-state index in [1.54, 1.807) is 0 Å². The van der Waals surface area contributed by atoms with Crippen LogP contribution in [-0.2, 0) is 17.8 Å². The molecule has 4 nitrogen and oxygen atoms in total. The lowest BCUT2D eigenvalue weighted by molar-refractivity contribution is -0.120. The minimum Gasteiger partial charge on any atom is -0.493 e. The average molecular weight is 338 g/mol. The van der Waals surface area contributed by atoms with Crippen molar-refractivity contribution in [2.75, 3.05) is 13.2 Å². The van der Waals surface area contributed by atoms with Crippen LogP contribution in [0.15, 0.2) is 42.5 Å². The molecule has 1 amide bonds. The van der Waals surface area contributed by atoms with Crippen LogP contribution >= 0.6 is 0 Å². The molecular formula is C21H26N2O2. The van der Waals surface area contributed by atoms with Crippen molar-refractivity contribution in [2.24, 2.45) is 0 Å². The van der Waals surface area contributed by atoms with Crippen molar-refractivity contribution in [2.45, 2.75) is 39.3 Å². The van der Waals surface area contributed by atoms with Crippen LogP contribution < -0.4 is 15.4 Å². The first-order valence-corrected chi connectivity index (χ1v) is 8.93. The molecule has 4 heteroatoms. The van der Waals surface area contributed by atoms with Crippen molar-refractivity contribution in [3.63, 3.8) is 0 Å². The molecule has 1 aliphatic heterocycles. The van der Waals surface area contributed by atoms with Crippen LogP contribution in [-0.4, -0.2) is 19.1 Å². The van der Waals surface area contributed by atoms with Gasteiger partial charge in [-0.3, -0.25) is 4.79 Å². The van der Waals surface area contributed by atoms with Gasteiger partial charge in [0.05, 0.1) is 19.2 Å². The summed E-state index contributed by atoms with van der Waals surface area (Å²) in [6.45, 7) is 5.86. The van der Waals surface area contributed by atoms with Gasteiger partial charge in [0.2, 0.25) is 5.91 Å². The zero-order valence-corrected chi connectivity index (χ0v) is 15.0. The maximum absolute atomic E-state index is 12.1. The summed E-state index contributed by atoms with van der Waals surface area (Å²) in [5.41, 5.74) is 4.79. The lowest BCUT2D eigenvalue weighted by atomic mass is 10.0. The quantitative estimate of drug-likeness (QED) is 0.850. The lowest BCUT2D eigenvalue weighted by Crippen LogP contribution is -2.35. The number of carbonyl (C=O) groups is 1. The van der Waals surface area contributed by atoms with E-state index in [9.17, 15) is 4.79 Å². The van der Waals surface area contributed by atoms with Crippen LogP contribution in [0.5, 0.6) is 5.75 Å². The van der Waals surface area contributed by atoms with Crippen molar-refractivity contribution >= 4 is 5.91 Å². The first-order chi connectivity index (χ1) is 12.1. The molecule has 0 radical (unpaired) electrons. The summed E-state index contributed by atoms with van der Waals surface area (Å²) in [7, 11) is 0. The van der Waals surface area contributed by atoms with E-state index in [0.29, 0.717) is 13.1 Å². The highest BCUT2D eigenvalue weighted by Gasteiger charge is 2.11. The fraction of sp³-hybridized carbons (Fsp3) is 0.381. The van der Waals surface area contributed by atoms with E-state index in [2.05, 4.69) is 54.0 Å². The summed E-state index contributed by atoms with van der Waals surface area (Å²) in [5.74, 6) is 1.01. The number of benzene rings is 2. The Hall–Kier alpha value is -2.33. The number of rotatable bonds is 6. The molecule has 0 saturated carbocycles. The molecular weight excluding hydrogens is 312 g/mol. The van der Waals surface area contributed by atoms with Crippen molar-refractivity contribution in [1.82, 2.24) is 10.6 Å². The number of aryl methyl sites for hydroxylation is 2. The highest BCUT2D eigenvalue weighted by atomic mass is 16.5. The topological polar surface area (TPSA) is 50.4 Å². The fourth-order valence-corrected chi connectivity index (χ4v) is 3.08. The summed E-state index contributed by atoms with van der Waals surface area (Å²) >= 11 is 0. The van der Waals surface area contributed by atoms with Gasteiger partial charge in [0, 0.05) is 6.54 Å². The van der Waals surface area contributed by atoms with Gasteiger partial charge >= 0.3 is 0 Å². The van der Waals surface area contributed by atoms with Crippen molar-refractivity contribution in [3.05, 3.63) is 64.7 Å². The van der Waals surface area contributed by atoms with E-state index in [0.717, 1.165) is 30.8 Å². The number of amides is 1. The molecule has 0 bridgehead atoms. The average Bonchev–Trinajstić information content (AvgIpc) is 2.62. The highest BCUT2D eigenvalue weighted by Crippen LogP contribution is 2.25. The lowest BCUT2D eigenvalue weighted by Gasteiger charge is -2.18. The van der Waals surface area contributed by atoms with E-state index in [1.165, 1.54) is 16.7 Å². The van der Waals surface area contributed by atoms with Crippen LogP contribution in [0.1, 0.15) is 41.6 Å². The normalized spacial score (nSPS) is 14.3. The van der Waals surface area contributed by atoms with Gasteiger partial charge < -0.3 is 15.4 Å². The first kappa shape index (κ1) is 17.5. The van der Waals surface area contributed by atoms with Gasteiger partial charge in [-0.15, -0.1) is 0 Å². The second-order valence-corrected chi connectivity index (χ2v) is 6.70. The summed E-state index contributed by atoms with van der Waals surface area (Å²) in [4.78, 5) is 12.1. The van der Waals surface area contributed by atoms with Crippen LogP contribution in [0.2, 0.25) is 0 Å². The molecule has 25 heavy (non-hydrogen) atoms. The molecule has 3 rings (SSSR count). The zero-order chi connectivity index (χ0) is 17.6. The van der Waals surface area contributed by atoms with Gasteiger partial charge in [-0.05, 0) is 49.4 Å². The van der Waals surface area contributed by atoms with E-state index in [4.69, 9.17) is 4.74 Å². The number of carbonyl (C=O) groups excluding carboxylic acids is 1. The highest BCUT2D eigenvalue weighted by molar-refractivity contribution is 5.78. The fourth-order valence-electron chi connectivity index (χ4n) is 3.08. The Kier molecular flexibility index (Phi) is 5.71. The summed E-state index contributed by atoms with van der Waals surface area (Å²) < 4.78 is 5.63. The summed E-state index contributed by atoms with van der Waals surface area (Å²) in [6, 6.07) is 14.5. The zero-order valence-electron chi connectivity index (χ0n) is 15.0. The van der Waals surface area contributed by atoms with Crippen molar-refractivity contribution < 1.29 is 9.53 Å². The number of nitrogens with one attached hydrogen (secondary N) is 2. The van der Waals surface area contributed by atoms with Gasteiger partial charge in [-0.25, -0.2) is 0 Å². The van der Waals surface area contributed by atoms with Crippen molar-refractivity contribution in [3.8, 4) is 5.75 Å². The molecule has 0 fully saturated rings. The smallest absolute Gasteiger partial charge is 0.234 e. The maximum Gasteiger partial charge on any atom is 0.234 e. The predicted octanol–water partition coefficient (Wildman–Crippen LogP) is 3.29. The first-order valence-electron chi connectivity index (χ1n) is 8.93. The van der Waals surface area contributed by atoms with Gasteiger partial charge in [-0.2, -0.15) is 0 Å². The summed E-state index contributed by atoms with van der Waals surface area (Å²) in [6.07, 6.45) is 2.14. The molecule has 2 N–H and O–H groups in total. The second-order valence-electron chi connectivity index (χ2n) is 6.70. The minimum atomic E-state index is 0.00867. The third-order valence-corrected chi connectivity index (χ3v) is 4.54. The monoisotopic (exact) mass is 338 g/mol. The van der Waals surface area contributed by atoms with E-state index >= 15 is 0 Å². The SMILES string of the molecule is Cc1ccc([C@@H](C)NC(=O)CNCc2ccc3c(c2)CCCO3)cc1. The molecule has 0 unspecified atom stereocenters. The Labute approximate surface area is 149 Å². The standard InChI is InChI=1S/C21H26N2O2/c1-15-5-8-18(9-6-15)16(2)23-21(24)14-22-13-17-7-10-20-19(12-17)4-3-11-25-20/h5-10,12,16,22H,3-4,11,13-14H2,1-2H3,(H,23,24)/t16-/m1/s1. The van der Waals surface area contributed by atoms with Crippen LogP contribution in [0.4, 0.5) is 0 Å². The van der Waals surface area contributed by atoms with Crippen LogP contribution in [0, 0.1) is 6.92 Å². The Morgan fingerprint density at radius 3 is 2.80 bits per heavy atom. The molecule has 0 aliphatic carbocycles. The molecule has 1 heterocycles. The molecule has 1 atom stereocenters. The summed E-state index contributed by atoms with van der Waals surface area (Å²) in [5, 5.41) is 6.25. The number of ether oxygens (including phenoxy) is 1.